The monoisotopic (exact) mass is 443 g/mol. The molecule has 3 aromatic rings. The van der Waals surface area contributed by atoms with Crippen LogP contribution in [0.4, 0.5) is 5.69 Å². The highest BCUT2D eigenvalue weighted by atomic mass is 79.9. The van der Waals surface area contributed by atoms with Crippen LogP contribution in [-0.4, -0.2) is 26.7 Å². The Kier molecular flexibility index (Phi) is 4.38. The van der Waals surface area contributed by atoms with E-state index in [9.17, 15) is 20.0 Å². The van der Waals surface area contributed by atoms with Gasteiger partial charge in [-0.25, -0.2) is 4.98 Å². The van der Waals surface area contributed by atoms with E-state index in [0.717, 1.165) is 11.1 Å². The number of fused-ring (bicyclic) bond motifs is 2. The smallest absolute Gasteiger partial charge is 0.270 e. The second kappa shape index (κ2) is 6.75. The number of nitro groups is 1. The van der Waals surface area contributed by atoms with Crippen LogP contribution >= 0.6 is 15.9 Å². The van der Waals surface area contributed by atoms with E-state index in [0.29, 0.717) is 34.5 Å². The van der Waals surface area contributed by atoms with Gasteiger partial charge in [-0.05, 0) is 57.8 Å². The van der Waals surface area contributed by atoms with Gasteiger partial charge >= 0.3 is 0 Å². The number of allylic oxidation sites excluding steroid dienone is 1. The summed E-state index contributed by atoms with van der Waals surface area (Å²) >= 11 is 3.37. The standard InChI is InChI=1S/C19H14BrN3O5/c1-28-15-5-2-10(16(20)17(15)24)8-11-6-7-22-18(11)21-14-4-3-12(23(26)27)9-13(14)19(22)25/h2-5,8-9,24H,6-7H2,1H3/b11-8+. The van der Waals surface area contributed by atoms with Gasteiger partial charge in [0.1, 0.15) is 5.82 Å². The number of phenolic OH excluding ortho intramolecular Hbond substituents is 1. The second-order valence-electron chi connectivity index (χ2n) is 6.29. The summed E-state index contributed by atoms with van der Waals surface area (Å²) in [5.74, 6) is 0.863. The summed E-state index contributed by atoms with van der Waals surface area (Å²) in [5, 5.41) is 21.4. The molecule has 0 radical (unpaired) electrons. The van der Waals surface area contributed by atoms with Crippen LogP contribution in [-0.2, 0) is 6.54 Å². The molecule has 1 aromatic heterocycles. The SMILES string of the molecule is COc1ccc(/C=C2\CCn3c2nc2ccc([N+](=O)[O-])cc2c3=O)c(Br)c1O. The summed E-state index contributed by atoms with van der Waals surface area (Å²) in [6.07, 6.45) is 2.44. The minimum Gasteiger partial charge on any atom is -0.503 e. The van der Waals surface area contributed by atoms with Crippen LogP contribution in [0.5, 0.6) is 11.5 Å². The highest BCUT2D eigenvalue weighted by Gasteiger charge is 2.22. The third-order valence-corrected chi connectivity index (χ3v) is 5.53. The van der Waals surface area contributed by atoms with Gasteiger partial charge in [-0.1, -0.05) is 0 Å². The fourth-order valence-electron chi connectivity index (χ4n) is 3.28. The molecule has 8 nitrogen and oxygen atoms in total. The number of phenols is 1. The minimum absolute atomic E-state index is 0.00832. The Labute approximate surface area is 167 Å². The normalized spacial score (nSPS) is 14.4. The second-order valence-corrected chi connectivity index (χ2v) is 7.08. The van der Waals surface area contributed by atoms with Gasteiger partial charge < -0.3 is 9.84 Å². The lowest BCUT2D eigenvalue weighted by molar-refractivity contribution is -0.384. The summed E-state index contributed by atoms with van der Waals surface area (Å²) in [6, 6.07) is 7.53. The third kappa shape index (κ3) is 2.84. The van der Waals surface area contributed by atoms with E-state index in [2.05, 4.69) is 20.9 Å². The van der Waals surface area contributed by atoms with E-state index in [1.807, 2.05) is 6.08 Å². The highest BCUT2D eigenvalue weighted by Crippen LogP contribution is 2.39. The first kappa shape index (κ1) is 18.2. The number of methoxy groups -OCH3 is 1. The van der Waals surface area contributed by atoms with Crippen molar-refractivity contribution in [3.05, 3.63) is 66.7 Å². The van der Waals surface area contributed by atoms with Crippen molar-refractivity contribution < 1.29 is 14.8 Å². The number of hydrogen-bond acceptors (Lipinski definition) is 6. The lowest BCUT2D eigenvalue weighted by Crippen LogP contribution is -2.20. The summed E-state index contributed by atoms with van der Waals surface area (Å²) < 4.78 is 7.10. The zero-order chi connectivity index (χ0) is 20.0. The van der Waals surface area contributed by atoms with Crippen molar-refractivity contribution in [1.82, 2.24) is 9.55 Å². The van der Waals surface area contributed by atoms with Crippen LogP contribution in [0.1, 0.15) is 17.8 Å². The molecule has 9 heteroatoms. The van der Waals surface area contributed by atoms with E-state index in [1.54, 1.807) is 12.1 Å². The van der Waals surface area contributed by atoms with Gasteiger partial charge in [0, 0.05) is 18.7 Å². The average Bonchev–Trinajstić information content (AvgIpc) is 3.08. The number of nitro benzene ring substituents is 1. The maximum atomic E-state index is 12.8. The predicted octanol–water partition coefficient (Wildman–Crippen LogP) is 3.73. The Morgan fingerprint density at radius 3 is 2.86 bits per heavy atom. The quantitative estimate of drug-likeness (QED) is 0.488. The molecule has 142 valence electrons. The molecular weight excluding hydrogens is 430 g/mol. The topological polar surface area (TPSA) is 107 Å². The Morgan fingerprint density at radius 1 is 1.36 bits per heavy atom. The number of aromatic nitrogens is 2. The van der Waals surface area contributed by atoms with Crippen LogP contribution in [0.25, 0.3) is 22.6 Å². The average molecular weight is 444 g/mol. The van der Waals surface area contributed by atoms with Crippen molar-refractivity contribution >= 4 is 44.2 Å². The van der Waals surface area contributed by atoms with Gasteiger partial charge in [0.2, 0.25) is 0 Å². The van der Waals surface area contributed by atoms with Gasteiger partial charge in [-0.15, -0.1) is 0 Å². The predicted molar refractivity (Wildman–Crippen MR) is 108 cm³/mol. The summed E-state index contributed by atoms with van der Waals surface area (Å²) in [5.41, 5.74) is 1.52. The molecule has 0 atom stereocenters. The van der Waals surface area contributed by atoms with Crippen LogP contribution in [0, 0.1) is 10.1 Å². The Bertz CT molecular complexity index is 1230. The molecule has 2 aromatic carbocycles. The first-order valence-corrected chi connectivity index (χ1v) is 9.15. The zero-order valence-electron chi connectivity index (χ0n) is 14.7. The number of ether oxygens (including phenoxy) is 1. The molecule has 0 aliphatic carbocycles. The number of hydrogen-bond donors (Lipinski definition) is 1. The molecule has 1 aliphatic heterocycles. The number of non-ortho nitro benzene ring substituents is 1. The third-order valence-electron chi connectivity index (χ3n) is 4.70. The molecule has 1 N–H and O–H groups in total. The fraction of sp³-hybridized carbons (Fsp3) is 0.158. The molecule has 4 rings (SSSR count). The van der Waals surface area contributed by atoms with Gasteiger partial charge in [0.25, 0.3) is 11.2 Å². The first-order chi connectivity index (χ1) is 13.4. The van der Waals surface area contributed by atoms with Crippen molar-refractivity contribution in [2.24, 2.45) is 0 Å². The molecule has 28 heavy (non-hydrogen) atoms. The zero-order valence-corrected chi connectivity index (χ0v) is 16.3. The van der Waals surface area contributed by atoms with Gasteiger partial charge in [-0.3, -0.25) is 19.5 Å². The Balaban J connectivity index is 1.86. The lowest BCUT2D eigenvalue weighted by Gasteiger charge is -2.09. The van der Waals surface area contributed by atoms with Gasteiger partial charge in [-0.2, -0.15) is 0 Å². The number of benzene rings is 2. The largest absolute Gasteiger partial charge is 0.503 e. The van der Waals surface area contributed by atoms with E-state index in [-0.39, 0.29) is 22.4 Å². The summed E-state index contributed by atoms with van der Waals surface area (Å²) in [6.45, 7) is 0.436. The van der Waals surface area contributed by atoms with E-state index in [1.165, 1.54) is 29.9 Å². The molecule has 0 unspecified atom stereocenters. The minimum atomic E-state index is -0.532. The van der Waals surface area contributed by atoms with Crippen molar-refractivity contribution in [2.75, 3.05) is 7.11 Å². The molecule has 1 aliphatic rings. The highest BCUT2D eigenvalue weighted by molar-refractivity contribution is 9.10. The molecule has 2 heterocycles. The van der Waals surface area contributed by atoms with Crippen LogP contribution in [0.15, 0.2) is 39.6 Å². The Hall–Kier alpha value is -3.20. The van der Waals surface area contributed by atoms with E-state index < -0.39 is 4.92 Å². The molecule has 0 bridgehead atoms. The van der Waals surface area contributed by atoms with Crippen molar-refractivity contribution in [1.29, 1.82) is 0 Å². The molecule has 0 fully saturated rings. The number of nitrogens with zero attached hydrogens (tertiary/aromatic N) is 3. The molecule has 0 amide bonds. The maximum absolute atomic E-state index is 12.8. The lowest BCUT2D eigenvalue weighted by atomic mass is 10.1. The van der Waals surface area contributed by atoms with Crippen LogP contribution in [0.2, 0.25) is 0 Å². The van der Waals surface area contributed by atoms with Crippen molar-refractivity contribution in [3.63, 3.8) is 0 Å². The summed E-state index contributed by atoms with van der Waals surface area (Å²) in [4.78, 5) is 27.8. The molecular formula is C19H14BrN3O5. The van der Waals surface area contributed by atoms with Crippen molar-refractivity contribution in [2.45, 2.75) is 13.0 Å². The molecule has 0 saturated carbocycles. The van der Waals surface area contributed by atoms with Crippen molar-refractivity contribution in [3.8, 4) is 11.5 Å². The van der Waals surface area contributed by atoms with Crippen LogP contribution in [0.3, 0.4) is 0 Å². The number of aromatic hydroxyl groups is 1. The fourth-order valence-corrected chi connectivity index (χ4v) is 3.72. The van der Waals surface area contributed by atoms with E-state index >= 15 is 0 Å². The maximum Gasteiger partial charge on any atom is 0.270 e. The van der Waals surface area contributed by atoms with E-state index in [4.69, 9.17) is 4.74 Å². The summed E-state index contributed by atoms with van der Waals surface area (Å²) in [7, 11) is 1.47. The van der Waals surface area contributed by atoms with Crippen LogP contribution < -0.4 is 10.3 Å². The van der Waals surface area contributed by atoms with Gasteiger partial charge in [0.05, 0.1) is 27.4 Å². The van der Waals surface area contributed by atoms with Gasteiger partial charge in [0.15, 0.2) is 11.5 Å². The molecule has 0 saturated heterocycles. The Morgan fingerprint density at radius 2 is 2.14 bits per heavy atom. The number of rotatable bonds is 3. The first-order valence-electron chi connectivity index (χ1n) is 8.36. The molecule has 0 spiro atoms. The number of halogens is 1.